The van der Waals surface area contributed by atoms with Gasteiger partial charge in [-0.05, 0) is 61.3 Å². The van der Waals surface area contributed by atoms with Crippen molar-refractivity contribution in [2.45, 2.75) is 64.5 Å². The van der Waals surface area contributed by atoms with Crippen molar-refractivity contribution in [1.29, 1.82) is 0 Å². The number of nitrogens with zero attached hydrogens (tertiary/aromatic N) is 1. The lowest BCUT2D eigenvalue weighted by molar-refractivity contribution is 0.0816. The minimum absolute atomic E-state index is 0.118. The highest BCUT2D eigenvalue weighted by Gasteiger charge is 2.35. The van der Waals surface area contributed by atoms with Gasteiger partial charge in [-0.1, -0.05) is 38.1 Å². The second-order valence-corrected chi connectivity index (χ2v) is 10.4. The number of aliphatic hydroxyl groups is 1. The molecule has 0 saturated heterocycles. The van der Waals surface area contributed by atoms with E-state index < -0.39 is 5.91 Å². The monoisotopic (exact) mass is 445 g/mol. The van der Waals surface area contributed by atoms with E-state index in [0.717, 1.165) is 59.8 Å². The molecule has 1 fully saturated rings. The molecule has 5 rings (SSSR count). The molecule has 1 saturated carbocycles. The first kappa shape index (κ1) is 21.7. The highest BCUT2D eigenvalue weighted by atomic mass is 16.3. The molecular weight excluding hydrogens is 414 g/mol. The molecule has 0 bridgehead atoms. The molecule has 0 radical (unpaired) electrons. The van der Waals surface area contributed by atoms with Gasteiger partial charge in [0.1, 0.15) is 0 Å². The van der Waals surface area contributed by atoms with Gasteiger partial charge in [0.2, 0.25) is 5.91 Å². The number of carbonyl (C=O) groups is 2. The number of nitrogens with one attached hydrogen (secondary N) is 1. The van der Waals surface area contributed by atoms with E-state index >= 15 is 0 Å². The highest BCUT2D eigenvalue weighted by molar-refractivity contribution is 6.06. The Bertz CT molecular complexity index is 1250. The number of para-hydroxylation sites is 1. The zero-order valence-corrected chi connectivity index (χ0v) is 19.2. The summed E-state index contributed by atoms with van der Waals surface area (Å²) in [5, 5.41) is 14.4. The van der Waals surface area contributed by atoms with E-state index in [9.17, 15) is 14.7 Å². The first-order chi connectivity index (χ1) is 15.7. The molecular formula is C27H31N3O3. The highest BCUT2D eigenvalue weighted by Crippen LogP contribution is 2.43. The van der Waals surface area contributed by atoms with E-state index in [4.69, 9.17) is 5.73 Å². The standard InChI is InChI=1S/C27H31N3O3/c1-27(2)14-23-25(20-5-3-4-6-22(20)30(23)24(32)15-27)16-7-12-19(26(28)33)21(13-16)29-17-8-10-18(31)11-9-17/h3-7,12-13,17-18,29,31H,8-11,14-15H2,1-2H3,(H2,28,33). The number of hydrogen-bond donors (Lipinski definition) is 3. The third kappa shape index (κ3) is 3.93. The summed E-state index contributed by atoms with van der Waals surface area (Å²) in [6, 6.07) is 13.9. The second kappa shape index (κ2) is 8.03. The van der Waals surface area contributed by atoms with Gasteiger partial charge in [0.15, 0.2) is 0 Å². The molecule has 2 aromatic carbocycles. The van der Waals surface area contributed by atoms with Crippen molar-refractivity contribution in [3.8, 4) is 11.1 Å². The maximum absolute atomic E-state index is 13.1. The van der Waals surface area contributed by atoms with Gasteiger partial charge in [0, 0.05) is 34.8 Å². The lowest BCUT2D eigenvalue weighted by Gasteiger charge is -2.31. The van der Waals surface area contributed by atoms with Crippen molar-refractivity contribution in [2.24, 2.45) is 11.1 Å². The summed E-state index contributed by atoms with van der Waals surface area (Å²) >= 11 is 0. The number of benzene rings is 2. The van der Waals surface area contributed by atoms with Crippen molar-refractivity contribution in [3.63, 3.8) is 0 Å². The average molecular weight is 446 g/mol. The Balaban J connectivity index is 1.65. The van der Waals surface area contributed by atoms with E-state index in [-0.39, 0.29) is 23.5 Å². The van der Waals surface area contributed by atoms with Gasteiger partial charge in [-0.15, -0.1) is 0 Å². The van der Waals surface area contributed by atoms with E-state index in [1.807, 2.05) is 34.9 Å². The fourth-order valence-corrected chi connectivity index (χ4v) is 5.55. The van der Waals surface area contributed by atoms with Crippen LogP contribution < -0.4 is 11.1 Å². The minimum Gasteiger partial charge on any atom is -0.393 e. The van der Waals surface area contributed by atoms with Crippen LogP contribution in [0.25, 0.3) is 22.0 Å². The largest absolute Gasteiger partial charge is 0.393 e. The van der Waals surface area contributed by atoms with Crippen LogP contribution in [-0.2, 0) is 6.42 Å². The number of anilines is 1. The van der Waals surface area contributed by atoms with E-state index in [1.54, 1.807) is 6.07 Å². The van der Waals surface area contributed by atoms with Gasteiger partial charge < -0.3 is 16.2 Å². The number of aliphatic hydroxyl groups excluding tert-OH is 1. The number of carbonyl (C=O) groups excluding carboxylic acids is 2. The van der Waals surface area contributed by atoms with Gasteiger partial charge in [0.25, 0.3) is 5.91 Å². The van der Waals surface area contributed by atoms with Crippen LogP contribution in [0.2, 0.25) is 0 Å². The quantitative estimate of drug-likeness (QED) is 0.541. The Hall–Kier alpha value is -3.12. The Kier molecular flexibility index (Phi) is 5.28. The molecule has 0 unspecified atom stereocenters. The topological polar surface area (TPSA) is 97.4 Å². The summed E-state index contributed by atoms with van der Waals surface area (Å²) in [4.78, 5) is 25.3. The molecule has 0 atom stereocenters. The SMILES string of the molecule is CC1(C)CC(=O)n2c(c(-c3ccc(C(N)=O)c(NC4CCC(O)CC4)c3)c3ccccc32)C1. The molecule has 3 aromatic rings. The summed E-state index contributed by atoms with van der Waals surface area (Å²) in [5.74, 6) is -0.350. The summed E-state index contributed by atoms with van der Waals surface area (Å²) < 4.78 is 1.88. The molecule has 6 heteroatoms. The van der Waals surface area contributed by atoms with Crippen molar-refractivity contribution < 1.29 is 14.7 Å². The summed E-state index contributed by atoms with van der Waals surface area (Å²) in [7, 11) is 0. The van der Waals surface area contributed by atoms with Crippen LogP contribution in [0.4, 0.5) is 5.69 Å². The smallest absolute Gasteiger partial charge is 0.250 e. The van der Waals surface area contributed by atoms with E-state index in [0.29, 0.717) is 17.7 Å². The third-order valence-corrected chi connectivity index (χ3v) is 7.13. The van der Waals surface area contributed by atoms with Crippen molar-refractivity contribution in [3.05, 3.63) is 53.7 Å². The number of amides is 1. The lowest BCUT2D eigenvalue weighted by atomic mass is 9.80. The first-order valence-electron chi connectivity index (χ1n) is 11.8. The van der Waals surface area contributed by atoms with Crippen LogP contribution in [0.15, 0.2) is 42.5 Å². The summed E-state index contributed by atoms with van der Waals surface area (Å²) in [5.41, 5.74) is 10.7. The zero-order valence-electron chi connectivity index (χ0n) is 19.2. The molecule has 0 spiro atoms. The number of primary amides is 1. The molecule has 1 aliphatic heterocycles. The lowest BCUT2D eigenvalue weighted by Crippen LogP contribution is -2.31. The minimum atomic E-state index is -0.472. The predicted octanol–water partition coefficient (Wildman–Crippen LogP) is 4.74. The van der Waals surface area contributed by atoms with Crippen molar-refractivity contribution >= 4 is 28.4 Å². The number of aromatic nitrogens is 1. The predicted molar refractivity (Wildman–Crippen MR) is 131 cm³/mol. The second-order valence-electron chi connectivity index (χ2n) is 10.4. The Labute approximate surface area is 193 Å². The van der Waals surface area contributed by atoms with Crippen molar-refractivity contribution in [2.75, 3.05) is 5.32 Å². The maximum Gasteiger partial charge on any atom is 0.250 e. The molecule has 33 heavy (non-hydrogen) atoms. The molecule has 2 heterocycles. The van der Waals surface area contributed by atoms with Crippen LogP contribution in [0, 0.1) is 5.41 Å². The fraction of sp³-hybridized carbons (Fsp3) is 0.407. The van der Waals surface area contributed by atoms with E-state index in [2.05, 4.69) is 25.2 Å². The van der Waals surface area contributed by atoms with Crippen LogP contribution in [0.5, 0.6) is 0 Å². The fourth-order valence-electron chi connectivity index (χ4n) is 5.55. The van der Waals surface area contributed by atoms with Crippen LogP contribution >= 0.6 is 0 Å². The summed E-state index contributed by atoms with van der Waals surface area (Å²) in [6.07, 6.45) is 4.25. The van der Waals surface area contributed by atoms with Gasteiger partial charge in [-0.2, -0.15) is 0 Å². The molecule has 1 aromatic heterocycles. The Morgan fingerprint density at radius 1 is 1.09 bits per heavy atom. The van der Waals surface area contributed by atoms with Gasteiger partial charge >= 0.3 is 0 Å². The van der Waals surface area contributed by atoms with Crippen LogP contribution in [-0.4, -0.2) is 33.6 Å². The Morgan fingerprint density at radius 2 is 1.82 bits per heavy atom. The normalized spacial score (nSPS) is 22.2. The molecule has 1 aliphatic carbocycles. The van der Waals surface area contributed by atoms with Crippen molar-refractivity contribution in [1.82, 2.24) is 4.57 Å². The Morgan fingerprint density at radius 3 is 2.55 bits per heavy atom. The average Bonchev–Trinajstić information content (AvgIpc) is 3.08. The molecule has 6 nitrogen and oxygen atoms in total. The number of fused-ring (bicyclic) bond motifs is 3. The van der Waals surface area contributed by atoms with E-state index in [1.165, 1.54) is 0 Å². The summed E-state index contributed by atoms with van der Waals surface area (Å²) in [6.45, 7) is 4.27. The molecule has 1 amide bonds. The maximum atomic E-state index is 13.1. The molecule has 4 N–H and O–H groups in total. The zero-order chi connectivity index (χ0) is 23.3. The van der Waals surface area contributed by atoms with Gasteiger partial charge in [-0.25, -0.2) is 0 Å². The number of nitrogens with two attached hydrogens (primary N) is 1. The first-order valence-corrected chi connectivity index (χ1v) is 11.8. The molecule has 2 aliphatic rings. The van der Waals surface area contributed by atoms with Crippen LogP contribution in [0.3, 0.4) is 0 Å². The van der Waals surface area contributed by atoms with Gasteiger partial charge in [0.05, 0.1) is 17.2 Å². The van der Waals surface area contributed by atoms with Gasteiger partial charge in [-0.3, -0.25) is 14.2 Å². The van der Waals surface area contributed by atoms with Crippen LogP contribution in [0.1, 0.15) is 66.8 Å². The number of rotatable bonds is 4. The third-order valence-electron chi connectivity index (χ3n) is 7.13. The molecule has 172 valence electrons. The number of hydrogen-bond acceptors (Lipinski definition) is 4.